The van der Waals surface area contributed by atoms with E-state index < -0.39 is 8.32 Å². The van der Waals surface area contributed by atoms with E-state index in [0.29, 0.717) is 17.7 Å². The third kappa shape index (κ3) is 5.15. The first-order chi connectivity index (χ1) is 11.9. The van der Waals surface area contributed by atoms with Crippen LogP contribution in [0.15, 0.2) is 0 Å². The van der Waals surface area contributed by atoms with E-state index in [1.807, 2.05) is 0 Å². The second-order valence-corrected chi connectivity index (χ2v) is 15.4. The highest BCUT2D eigenvalue weighted by molar-refractivity contribution is 6.74. The van der Waals surface area contributed by atoms with Gasteiger partial charge in [0.05, 0.1) is 12.2 Å². The maximum atomic E-state index is 6.73. The summed E-state index contributed by atoms with van der Waals surface area (Å²) >= 11 is 0. The highest BCUT2D eigenvalue weighted by atomic mass is 28.4. The molecule has 0 aromatic heterocycles. The standard InChI is InChI=1S/C21H43BO3Si/c1-15(2)19-16(3)20(17(4)25-26(8,9)21(5,6)7)24-22(23-19)18-13-11-10-12-14-18/h15-20H,10-14H2,1-9H3/t16-,17+,19+,20+/m1/s1. The molecule has 152 valence electrons. The molecule has 0 aromatic carbocycles. The van der Waals surface area contributed by atoms with Crippen molar-refractivity contribution >= 4 is 15.4 Å². The van der Waals surface area contributed by atoms with Gasteiger partial charge in [-0.2, -0.15) is 0 Å². The van der Waals surface area contributed by atoms with Crippen molar-refractivity contribution in [1.29, 1.82) is 0 Å². The fraction of sp³-hybridized carbons (Fsp3) is 1.00. The van der Waals surface area contributed by atoms with E-state index in [9.17, 15) is 0 Å². The molecule has 0 bridgehead atoms. The van der Waals surface area contributed by atoms with Gasteiger partial charge < -0.3 is 13.7 Å². The van der Waals surface area contributed by atoms with Crippen molar-refractivity contribution in [3.8, 4) is 0 Å². The fourth-order valence-corrected chi connectivity index (χ4v) is 5.83. The average molecular weight is 382 g/mol. The van der Waals surface area contributed by atoms with Crippen molar-refractivity contribution in [3.63, 3.8) is 0 Å². The van der Waals surface area contributed by atoms with Gasteiger partial charge in [-0.05, 0) is 36.8 Å². The molecule has 0 radical (unpaired) electrons. The van der Waals surface area contributed by atoms with E-state index in [2.05, 4.69) is 61.6 Å². The van der Waals surface area contributed by atoms with E-state index in [-0.39, 0.29) is 30.5 Å². The Morgan fingerprint density at radius 2 is 1.50 bits per heavy atom. The summed E-state index contributed by atoms with van der Waals surface area (Å²) in [5.74, 6) is 1.41. The van der Waals surface area contributed by atoms with Crippen molar-refractivity contribution in [3.05, 3.63) is 0 Å². The minimum absolute atomic E-state index is 0.0469. The molecule has 1 saturated carbocycles. The summed E-state index contributed by atoms with van der Waals surface area (Å²) in [6, 6.07) is 0. The second kappa shape index (κ2) is 8.67. The molecule has 3 nitrogen and oxygen atoms in total. The highest BCUT2D eigenvalue weighted by Crippen LogP contribution is 2.42. The molecule has 5 heteroatoms. The van der Waals surface area contributed by atoms with Gasteiger partial charge in [0.15, 0.2) is 8.32 Å². The molecule has 4 atom stereocenters. The van der Waals surface area contributed by atoms with Crippen LogP contribution in [-0.4, -0.2) is 33.7 Å². The van der Waals surface area contributed by atoms with Crippen LogP contribution < -0.4 is 0 Å². The van der Waals surface area contributed by atoms with Crippen LogP contribution in [0.5, 0.6) is 0 Å². The fourth-order valence-electron chi connectivity index (χ4n) is 4.42. The molecular weight excluding hydrogens is 339 g/mol. The largest absolute Gasteiger partial charge is 0.460 e. The van der Waals surface area contributed by atoms with Crippen molar-refractivity contribution in [1.82, 2.24) is 0 Å². The van der Waals surface area contributed by atoms with Crippen LogP contribution in [0.4, 0.5) is 0 Å². The topological polar surface area (TPSA) is 27.7 Å². The SMILES string of the molecule is CC(C)[C@@H]1OB(C2CCCCC2)O[C@H]([C@H](C)O[Si](C)(C)C(C)(C)C)[C@@H]1C. The van der Waals surface area contributed by atoms with Crippen LogP contribution in [0.3, 0.4) is 0 Å². The molecule has 0 spiro atoms. The van der Waals surface area contributed by atoms with E-state index in [4.69, 9.17) is 13.7 Å². The van der Waals surface area contributed by atoms with E-state index in [1.54, 1.807) is 0 Å². The Bertz CT molecular complexity index is 443. The Balaban J connectivity index is 2.15. The lowest BCUT2D eigenvalue weighted by Gasteiger charge is -2.48. The molecule has 0 unspecified atom stereocenters. The normalized spacial score (nSPS) is 30.7. The third-order valence-electron chi connectivity index (χ3n) is 7.06. The van der Waals surface area contributed by atoms with Gasteiger partial charge >= 0.3 is 7.12 Å². The number of rotatable bonds is 5. The summed E-state index contributed by atoms with van der Waals surface area (Å²) in [6.07, 6.45) is 6.97. The summed E-state index contributed by atoms with van der Waals surface area (Å²) in [5, 5.41) is 0.218. The summed E-state index contributed by atoms with van der Waals surface area (Å²) in [6.45, 7) is 20.7. The average Bonchev–Trinajstić information content (AvgIpc) is 2.54. The number of hydrogen-bond acceptors (Lipinski definition) is 3. The Morgan fingerprint density at radius 1 is 0.962 bits per heavy atom. The first-order valence-corrected chi connectivity index (χ1v) is 13.8. The van der Waals surface area contributed by atoms with Crippen LogP contribution in [0.25, 0.3) is 0 Å². The predicted molar refractivity (Wildman–Crippen MR) is 114 cm³/mol. The molecule has 1 saturated heterocycles. The first-order valence-electron chi connectivity index (χ1n) is 10.9. The van der Waals surface area contributed by atoms with Crippen molar-refractivity contribution in [2.75, 3.05) is 0 Å². The van der Waals surface area contributed by atoms with Gasteiger partial charge in [0.1, 0.15) is 0 Å². The maximum Gasteiger partial charge on any atom is 0.460 e. The van der Waals surface area contributed by atoms with E-state index in [1.165, 1.54) is 32.1 Å². The molecule has 1 aliphatic heterocycles. The summed E-state index contributed by atoms with van der Waals surface area (Å²) < 4.78 is 19.9. The van der Waals surface area contributed by atoms with Gasteiger partial charge in [-0.25, -0.2) is 0 Å². The Morgan fingerprint density at radius 3 is 2.00 bits per heavy atom. The molecule has 0 aromatic rings. The summed E-state index contributed by atoms with van der Waals surface area (Å²) in [7, 11) is -1.86. The van der Waals surface area contributed by atoms with Gasteiger partial charge in [-0.1, -0.05) is 73.6 Å². The van der Waals surface area contributed by atoms with Crippen molar-refractivity contribution < 1.29 is 13.7 Å². The lowest BCUT2D eigenvalue weighted by atomic mass is 9.62. The number of hydrogen-bond donors (Lipinski definition) is 0. The van der Waals surface area contributed by atoms with Gasteiger partial charge in [0, 0.05) is 12.0 Å². The minimum Gasteiger partial charge on any atom is -0.412 e. The third-order valence-corrected chi connectivity index (χ3v) is 11.6. The molecular formula is C21H43BO3Si. The van der Waals surface area contributed by atoms with Gasteiger partial charge in [0.2, 0.25) is 0 Å². The van der Waals surface area contributed by atoms with Gasteiger partial charge in [-0.3, -0.25) is 0 Å². The van der Waals surface area contributed by atoms with Crippen LogP contribution in [0.2, 0.25) is 23.9 Å². The Hall–Kier alpha value is 0.162. The lowest BCUT2D eigenvalue weighted by Crippen LogP contribution is -2.57. The molecule has 2 aliphatic rings. The molecule has 2 rings (SSSR count). The summed E-state index contributed by atoms with van der Waals surface area (Å²) in [5.41, 5.74) is 0. The molecule has 2 fully saturated rings. The zero-order valence-corrected chi connectivity index (χ0v) is 19.8. The van der Waals surface area contributed by atoms with E-state index in [0.717, 1.165) is 0 Å². The predicted octanol–water partition coefficient (Wildman–Crippen LogP) is 6.30. The van der Waals surface area contributed by atoms with Crippen LogP contribution >= 0.6 is 0 Å². The monoisotopic (exact) mass is 382 g/mol. The minimum atomic E-state index is -1.81. The molecule has 1 aliphatic carbocycles. The summed E-state index contributed by atoms with van der Waals surface area (Å²) in [4.78, 5) is 0. The Labute approximate surface area is 164 Å². The van der Waals surface area contributed by atoms with Gasteiger partial charge in [0.25, 0.3) is 0 Å². The molecule has 0 N–H and O–H groups in total. The Kier molecular flexibility index (Phi) is 7.49. The zero-order chi connectivity index (χ0) is 19.7. The quantitative estimate of drug-likeness (QED) is 0.523. The van der Waals surface area contributed by atoms with Gasteiger partial charge in [-0.15, -0.1) is 0 Å². The zero-order valence-electron chi connectivity index (χ0n) is 18.8. The first kappa shape index (κ1) is 22.5. The van der Waals surface area contributed by atoms with Crippen molar-refractivity contribution in [2.24, 2.45) is 11.8 Å². The molecule has 1 heterocycles. The van der Waals surface area contributed by atoms with Crippen LogP contribution in [-0.2, 0) is 13.7 Å². The van der Waals surface area contributed by atoms with Crippen LogP contribution in [0, 0.1) is 11.8 Å². The molecule has 0 amide bonds. The van der Waals surface area contributed by atoms with Crippen molar-refractivity contribution in [2.45, 2.75) is 123 Å². The van der Waals surface area contributed by atoms with E-state index >= 15 is 0 Å². The lowest BCUT2D eigenvalue weighted by molar-refractivity contribution is -0.0937. The van der Waals surface area contributed by atoms with Crippen LogP contribution in [0.1, 0.15) is 80.6 Å². The second-order valence-electron chi connectivity index (χ2n) is 10.7. The highest BCUT2D eigenvalue weighted by Gasteiger charge is 2.48. The smallest absolute Gasteiger partial charge is 0.412 e. The molecule has 26 heavy (non-hydrogen) atoms. The maximum absolute atomic E-state index is 6.73.